The van der Waals surface area contributed by atoms with E-state index in [0.717, 1.165) is 36.6 Å². The normalized spacial score (nSPS) is 18.6. The number of carbonyl (C=O) groups excluding carboxylic acids is 1. The third-order valence-corrected chi connectivity index (χ3v) is 5.85. The van der Waals surface area contributed by atoms with Crippen LogP contribution in [0.25, 0.3) is 0 Å². The van der Waals surface area contributed by atoms with Crippen LogP contribution in [0.5, 0.6) is 0 Å². The van der Waals surface area contributed by atoms with Crippen molar-refractivity contribution in [2.24, 2.45) is 0 Å². The minimum absolute atomic E-state index is 0.230. The van der Waals surface area contributed by atoms with E-state index in [1.165, 1.54) is 5.56 Å². The van der Waals surface area contributed by atoms with Crippen LogP contribution in [0, 0.1) is 0 Å². The number of furan rings is 1. The molecule has 128 valence electrons. The third-order valence-electron chi connectivity index (χ3n) is 4.56. The van der Waals surface area contributed by atoms with Crippen LogP contribution in [0.1, 0.15) is 48.3 Å². The molecule has 3 nitrogen and oxygen atoms in total. The van der Waals surface area contributed by atoms with E-state index < -0.39 is 0 Å². The van der Waals surface area contributed by atoms with E-state index in [0.29, 0.717) is 17.6 Å². The van der Waals surface area contributed by atoms with Crippen molar-refractivity contribution in [3.63, 3.8) is 0 Å². The van der Waals surface area contributed by atoms with E-state index in [-0.39, 0.29) is 5.91 Å². The van der Waals surface area contributed by atoms with E-state index >= 15 is 0 Å². The van der Waals surface area contributed by atoms with Crippen molar-refractivity contribution in [2.75, 3.05) is 18.8 Å². The summed E-state index contributed by atoms with van der Waals surface area (Å²) >= 11 is 1.89. The summed E-state index contributed by atoms with van der Waals surface area (Å²) in [6.07, 6.45) is 3.18. The zero-order valence-corrected chi connectivity index (χ0v) is 15.2. The summed E-state index contributed by atoms with van der Waals surface area (Å²) in [6, 6.07) is 12.4. The van der Waals surface area contributed by atoms with Crippen molar-refractivity contribution in [1.29, 1.82) is 0 Å². The smallest absolute Gasteiger partial charge is 0.227 e. The number of rotatable bonds is 4. The molecule has 0 saturated carbocycles. The maximum absolute atomic E-state index is 12.6. The zero-order chi connectivity index (χ0) is 16.9. The molecule has 1 aromatic heterocycles. The Balaban J connectivity index is 1.57. The SMILES string of the molecule is CC(C)c1ccc(CC(=O)N2CCSC(c3ccco3)CC2)cc1. The maximum atomic E-state index is 12.6. The fourth-order valence-electron chi connectivity index (χ4n) is 3.03. The van der Waals surface area contributed by atoms with Gasteiger partial charge in [0.1, 0.15) is 5.76 Å². The first-order chi connectivity index (χ1) is 11.6. The lowest BCUT2D eigenvalue weighted by Crippen LogP contribution is -2.34. The summed E-state index contributed by atoms with van der Waals surface area (Å²) in [5.74, 6) is 2.74. The number of thioether (sulfide) groups is 1. The molecule has 4 heteroatoms. The zero-order valence-electron chi connectivity index (χ0n) is 14.4. The number of carbonyl (C=O) groups is 1. The Bertz CT molecular complexity index is 649. The fraction of sp³-hybridized carbons (Fsp3) is 0.450. The van der Waals surface area contributed by atoms with Gasteiger partial charge in [-0.1, -0.05) is 38.1 Å². The van der Waals surface area contributed by atoms with Gasteiger partial charge in [-0.2, -0.15) is 0 Å². The molecule has 1 aliphatic heterocycles. The van der Waals surface area contributed by atoms with Gasteiger partial charge >= 0.3 is 0 Å². The molecule has 1 fully saturated rings. The second kappa shape index (κ2) is 7.93. The topological polar surface area (TPSA) is 33.5 Å². The summed E-state index contributed by atoms with van der Waals surface area (Å²) in [7, 11) is 0. The number of nitrogens with zero attached hydrogens (tertiary/aromatic N) is 1. The molecule has 0 aliphatic carbocycles. The van der Waals surface area contributed by atoms with Crippen LogP contribution in [-0.2, 0) is 11.2 Å². The van der Waals surface area contributed by atoms with Crippen molar-refractivity contribution in [2.45, 2.75) is 37.9 Å². The Labute approximate surface area is 148 Å². The Hall–Kier alpha value is -1.68. The van der Waals surface area contributed by atoms with E-state index in [1.54, 1.807) is 6.26 Å². The monoisotopic (exact) mass is 343 g/mol. The first-order valence-corrected chi connectivity index (χ1v) is 9.70. The van der Waals surface area contributed by atoms with Gasteiger partial charge in [0.05, 0.1) is 17.9 Å². The second-order valence-corrected chi connectivity index (χ2v) is 7.93. The molecule has 24 heavy (non-hydrogen) atoms. The average Bonchev–Trinajstić information content (AvgIpc) is 3.00. The van der Waals surface area contributed by atoms with Gasteiger partial charge in [0.2, 0.25) is 5.91 Å². The van der Waals surface area contributed by atoms with Crippen LogP contribution in [0.15, 0.2) is 47.1 Å². The lowest BCUT2D eigenvalue weighted by Gasteiger charge is -2.20. The molecule has 2 heterocycles. The molecule has 1 saturated heterocycles. The lowest BCUT2D eigenvalue weighted by atomic mass is 10.0. The molecule has 0 radical (unpaired) electrons. The highest BCUT2D eigenvalue weighted by atomic mass is 32.2. The summed E-state index contributed by atoms with van der Waals surface area (Å²) in [5.41, 5.74) is 2.42. The Morgan fingerprint density at radius 3 is 2.71 bits per heavy atom. The molecular weight excluding hydrogens is 318 g/mol. The van der Waals surface area contributed by atoms with Crippen LogP contribution in [0.3, 0.4) is 0 Å². The average molecular weight is 343 g/mol. The number of hydrogen-bond donors (Lipinski definition) is 0. The first kappa shape index (κ1) is 17.2. The highest BCUT2D eigenvalue weighted by Crippen LogP contribution is 2.34. The summed E-state index contributed by atoms with van der Waals surface area (Å²) in [6.45, 7) is 6.00. The van der Waals surface area contributed by atoms with Crippen molar-refractivity contribution in [3.8, 4) is 0 Å². The van der Waals surface area contributed by atoms with Crippen LogP contribution in [-0.4, -0.2) is 29.6 Å². The molecule has 3 rings (SSSR count). The van der Waals surface area contributed by atoms with Gasteiger partial charge in [-0.05, 0) is 35.6 Å². The molecule has 0 N–H and O–H groups in total. The van der Waals surface area contributed by atoms with Crippen molar-refractivity contribution < 1.29 is 9.21 Å². The van der Waals surface area contributed by atoms with Gasteiger partial charge in [0.15, 0.2) is 0 Å². The minimum atomic E-state index is 0.230. The van der Waals surface area contributed by atoms with Gasteiger partial charge in [-0.3, -0.25) is 4.79 Å². The van der Waals surface area contributed by atoms with Crippen molar-refractivity contribution in [3.05, 3.63) is 59.5 Å². The largest absolute Gasteiger partial charge is 0.468 e. The van der Waals surface area contributed by atoms with Crippen LogP contribution in [0.2, 0.25) is 0 Å². The summed E-state index contributed by atoms with van der Waals surface area (Å²) < 4.78 is 5.53. The second-order valence-electron chi connectivity index (χ2n) is 6.62. The van der Waals surface area contributed by atoms with E-state index in [9.17, 15) is 4.79 Å². The molecule has 1 aliphatic rings. The lowest BCUT2D eigenvalue weighted by molar-refractivity contribution is -0.130. The molecule has 1 aromatic carbocycles. The number of amides is 1. The highest BCUT2D eigenvalue weighted by Gasteiger charge is 2.23. The van der Waals surface area contributed by atoms with Gasteiger partial charge < -0.3 is 9.32 Å². The van der Waals surface area contributed by atoms with Gasteiger partial charge in [-0.15, -0.1) is 11.8 Å². The maximum Gasteiger partial charge on any atom is 0.227 e. The van der Waals surface area contributed by atoms with E-state index in [1.807, 2.05) is 28.8 Å². The minimum Gasteiger partial charge on any atom is -0.468 e. The Morgan fingerprint density at radius 1 is 1.25 bits per heavy atom. The Morgan fingerprint density at radius 2 is 2.04 bits per heavy atom. The van der Waals surface area contributed by atoms with Gasteiger partial charge in [0, 0.05) is 18.8 Å². The molecule has 1 atom stereocenters. The third kappa shape index (κ3) is 4.23. The quantitative estimate of drug-likeness (QED) is 0.810. The molecule has 0 bridgehead atoms. The summed E-state index contributed by atoms with van der Waals surface area (Å²) in [4.78, 5) is 14.6. The van der Waals surface area contributed by atoms with Crippen molar-refractivity contribution >= 4 is 17.7 Å². The van der Waals surface area contributed by atoms with E-state index in [2.05, 4.69) is 38.1 Å². The predicted molar refractivity (Wildman–Crippen MR) is 99.3 cm³/mol. The number of hydrogen-bond acceptors (Lipinski definition) is 3. The van der Waals surface area contributed by atoms with Crippen LogP contribution >= 0.6 is 11.8 Å². The van der Waals surface area contributed by atoms with Crippen molar-refractivity contribution in [1.82, 2.24) is 4.90 Å². The van der Waals surface area contributed by atoms with Crippen LogP contribution in [0.4, 0.5) is 0 Å². The molecule has 0 spiro atoms. The molecular formula is C20H25NO2S. The molecule has 1 amide bonds. The van der Waals surface area contributed by atoms with Gasteiger partial charge in [0.25, 0.3) is 0 Å². The first-order valence-electron chi connectivity index (χ1n) is 8.65. The molecule has 1 unspecified atom stereocenters. The standard InChI is InChI=1S/C20H25NO2S/c1-15(2)17-7-5-16(6-8-17)14-20(22)21-10-9-19(24-13-11-21)18-4-3-12-23-18/h3-8,12,15,19H,9-11,13-14H2,1-2H3. The summed E-state index contributed by atoms with van der Waals surface area (Å²) in [5, 5.41) is 0.364. The Kier molecular flexibility index (Phi) is 5.67. The number of benzene rings is 1. The fourth-order valence-corrected chi connectivity index (χ4v) is 4.21. The predicted octanol–water partition coefficient (Wildman–Crippen LogP) is 4.65. The highest BCUT2D eigenvalue weighted by molar-refractivity contribution is 7.99. The van der Waals surface area contributed by atoms with E-state index in [4.69, 9.17) is 4.42 Å². The van der Waals surface area contributed by atoms with Crippen LogP contribution < -0.4 is 0 Å². The van der Waals surface area contributed by atoms with Gasteiger partial charge in [-0.25, -0.2) is 0 Å². The molecule has 2 aromatic rings.